The van der Waals surface area contributed by atoms with Gasteiger partial charge in [0.05, 0.1) is 18.8 Å². The van der Waals surface area contributed by atoms with E-state index in [2.05, 4.69) is 33.6 Å². The number of nitrogens with one attached hydrogen (secondary N) is 4. The zero-order valence-corrected chi connectivity index (χ0v) is 19.3. The Morgan fingerprint density at radius 1 is 1.06 bits per heavy atom. The molecule has 0 radical (unpaired) electrons. The second-order valence-corrected chi connectivity index (χ2v) is 8.09. The molecule has 9 N–H and O–H groups in total. The molecule has 34 heavy (non-hydrogen) atoms. The third kappa shape index (κ3) is 6.93. The molecule has 0 aliphatic heterocycles. The van der Waals surface area contributed by atoms with Gasteiger partial charge < -0.3 is 42.0 Å². The van der Waals surface area contributed by atoms with E-state index >= 15 is 0 Å². The van der Waals surface area contributed by atoms with Crippen molar-refractivity contribution in [2.75, 3.05) is 12.4 Å². The molecule has 2 rings (SSSR count). The molecule has 2 aromatic rings. The highest BCUT2D eigenvalue weighted by molar-refractivity contribution is 7.80. The number of fused-ring (bicyclic) bond motifs is 1. The van der Waals surface area contributed by atoms with Gasteiger partial charge in [-0.1, -0.05) is 18.2 Å². The fourth-order valence-corrected chi connectivity index (χ4v) is 3.46. The summed E-state index contributed by atoms with van der Waals surface area (Å²) in [4.78, 5) is 51.7. The van der Waals surface area contributed by atoms with Gasteiger partial charge in [-0.3, -0.25) is 14.4 Å². The summed E-state index contributed by atoms with van der Waals surface area (Å²) in [5.41, 5.74) is 7.69. The number of carboxylic acid groups (broad SMARTS) is 1. The Morgan fingerprint density at radius 2 is 1.71 bits per heavy atom. The Labute approximate surface area is 200 Å². The Morgan fingerprint density at radius 3 is 2.29 bits per heavy atom. The highest BCUT2D eigenvalue weighted by Gasteiger charge is 2.32. The number of hydrogen-bond acceptors (Lipinski definition) is 8. The summed E-state index contributed by atoms with van der Waals surface area (Å²) in [6.07, 6.45) is 0.526. The van der Waals surface area contributed by atoms with Crippen molar-refractivity contribution in [1.29, 1.82) is 0 Å². The van der Waals surface area contributed by atoms with Crippen LogP contribution in [0.15, 0.2) is 30.5 Å². The SMILES string of the molecule is CC(O)C(NC(=O)C(N)Cc1c[nH]c2ccccc12)C(=O)NC(CO)C(=O)NC(CS)C(=O)O. The first-order valence-electron chi connectivity index (χ1n) is 10.4. The van der Waals surface area contributed by atoms with E-state index in [-0.39, 0.29) is 12.2 Å². The van der Waals surface area contributed by atoms with Gasteiger partial charge in [0.1, 0.15) is 18.1 Å². The molecular weight excluding hydrogens is 466 g/mol. The lowest BCUT2D eigenvalue weighted by molar-refractivity contribution is -0.142. The average molecular weight is 496 g/mol. The van der Waals surface area contributed by atoms with Crippen LogP contribution < -0.4 is 21.7 Å². The Balaban J connectivity index is 2.03. The summed E-state index contributed by atoms with van der Waals surface area (Å²) in [5.74, 6) is -4.20. The summed E-state index contributed by atoms with van der Waals surface area (Å²) in [6.45, 7) is 0.405. The van der Waals surface area contributed by atoms with Crippen LogP contribution in [-0.2, 0) is 25.6 Å². The normalized spacial score (nSPS) is 15.6. The molecule has 1 aromatic carbocycles. The maximum absolute atomic E-state index is 12.6. The standard InChI is InChI=1S/C21H29N5O7S/c1-10(28)17(20(31)24-15(8-27)19(30)25-16(9-34)21(32)33)26-18(29)13(22)6-11-7-23-14-5-3-2-4-12(11)14/h2-5,7,10,13,15-17,23,27-28,34H,6,8-9,22H2,1H3,(H,24,31)(H,25,30)(H,26,29)(H,32,33). The number of aromatic nitrogens is 1. The largest absolute Gasteiger partial charge is 0.480 e. The lowest BCUT2D eigenvalue weighted by atomic mass is 10.0. The van der Waals surface area contributed by atoms with Crippen LogP contribution >= 0.6 is 12.6 Å². The number of benzene rings is 1. The predicted molar refractivity (Wildman–Crippen MR) is 126 cm³/mol. The number of rotatable bonds is 12. The number of H-pyrrole nitrogens is 1. The zero-order valence-electron chi connectivity index (χ0n) is 18.4. The van der Waals surface area contributed by atoms with Crippen LogP contribution in [0.4, 0.5) is 0 Å². The first kappa shape index (κ1) is 27.1. The molecule has 5 atom stereocenters. The number of thiol groups is 1. The molecule has 186 valence electrons. The molecule has 0 fully saturated rings. The predicted octanol–water partition coefficient (Wildman–Crippen LogP) is -2.12. The van der Waals surface area contributed by atoms with Gasteiger partial charge in [0, 0.05) is 22.9 Å². The number of nitrogens with two attached hydrogens (primary N) is 1. The number of carbonyl (C=O) groups is 4. The molecule has 1 heterocycles. The second-order valence-electron chi connectivity index (χ2n) is 7.72. The van der Waals surface area contributed by atoms with Crippen molar-refractivity contribution in [3.63, 3.8) is 0 Å². The molecule has 0 aliphatic rings. The third-order valence-corrected chi connectivity index (χ3v) is 5.49. The van der Waals surface area contributed by atoms with Crippen molar-refractivity contribution >= 4 is 47.2 Å². The summed E-state index contributed by atoms with van der Waals surface area (Å²) >= 11 is 3.82. The number of aliphatic carboxylic acids is 1. The van der Waals surface area contributed by atoms with Crippen LogP contribution in [0.1, 0.15) is 12.5 Å². The molecular formula is C21H29N5O7S. The molecule has 0 saturated carbocycles. The van der Waals surface area contributed by atoms with E-state index in [4.69, 9.17) is 10.8 Å². The second kappa shape index (κ2) is 12.4. The van der Waals surface area contributed by atoms with Crippen LogP contribution in [0.3, 0.4) is 0 Å². The third-order valence-electron chi connectivity index (χ3n) is 5.13. The average Bonchev–Trinajstić information content (AvgIpc) is 3.21. The summed E-state index contributed by atoms with van der Waals surface area (Å²) in [6, 6.07) is 2.08. The van der Waals surface area contributed by atoms with Crippen LogP contribution in [0.2, 0.25) is 0 Å². The minimum absolute atomic E-state index is 0.159. The topological polar surface area (TPSA) is 207 Å². The van der Waals surface area contributed by atoms with E-state index in [1.165, 1.54) is 6.92 Å². The minimum Gasteiger partial charge on any atom is -0.480 e. The number of carboxylic acids is 1. The maximum atomic E-state index is 12.6. The Bertz CT molecular complexity index is 1030. The molecule has 0 bridgehead atoms. The zero-order chi connectivity index (χ0) is 25.4. The summed E-state index contributed by atoms with van der Waals surface area (Å²) < 4.78 is 0. The van der Waals surface area contributed by atoms with Gasteiger partial charge in [0.25, 0.3) is 0 Å². The molecule has 5 unspecified atom stereocenters. The number of amides is 3. The van der Waals surface area contributed by atoms with Crippen LogP contribution in [0.25, 0.3) is 10.9 Å². The number of aromatic amines is 1. The molecule has 0 spiro atoms. The van der Waals surface area contributed by atoms with Crippen LogP contribution in [0.5, 0.6) is 0 Å². The molecule has 12 nitrogen and oxygen atoms in total. The van der Waals surface area contributed by atoms with Crippen molar-refractivity contribution in [2.45, 2.75) is 43.6 Å². The molecule has 0 aliphatic carbocycles. The van der Waals surface area contributed by atoms with E-state index in [0.29, 0.717) is 0 Å². The highest BCUT2D eigenvalue weighted by atomic mass is 32.1. The number of carbonyl (C=O) groups excluding carboxylic acids is 3. The van der Waals surface area contributed by atoms with Crippen molar-refractivity contribution in [3.05, 3.63) is 36.0 Å². The van der Waals surface area contributed by atoms with Crippen molar-refractivity contribution < 1.29 is 34.5 Å². The Kier molecular flexibility index (Phi) is 9.86. The Hall–Kier alpha value is -3.13. The van der Waals surface area contributed by atoms with E-state index in [1.807, 2.05) is 24.3 Å². The highest BCUT2D eigenvalue weighted by Crippen LogP contribution is 2.18. The molecule has 13 heteroatoms. The maximum Gasteiger partial charge on any atom is 0.327 e. The van der Waals surface area contributed by atoms with Gasteiger partial charge >= 0.3 is 5.97 Å². The number of para-hydroxylation sites is 1. The van der Waals surface area contributed by atoms with E-state index in [1.54, 1.807) is 6.20 Å². The smallest absolute Gasteiger partial charge is 0.327 e. The van der Waals surface area contributed by atoms with Gasteiger partial charge in [-0.05, 0) is 25.0 Å². The fourth-order valence-electron chi connectivity index (χ4n) is 3.21. The van der Waals surface area contributed by atoms with Crippen molar-refractivity contribution in [3.8, 4) is 0 Å². The van der Waals surface area contributed by atoms with Gasteiger partial charge in [-0.15, -0.1) is 0 Å². The lowest BCUT2D eigenvalue weighted by Crippen LogP contribution is -2.60. The molecule has 3 amide bonds. The number of aliphatic hydroxyl groups excluding tert-OH is 2. The van der Waals surface area contributed by atoms with E-state index in [9.17, 15) is 29.4 Å². The van der Waals surface area contributed by atoms with E-state index < -0.39 is 60.6 Å². The van der Waals surface area contributed by atoms with Crippen molar-refractivity contribution in [2.24, 2.45) is 5.73 Å². The first-order valence-corrected chi connectivity index (χ1v) is 11.1. The van der Waals surface area contributed by atoms with Crippen molar-refractivity contribution in [1.82, 2.24) is 20.9 Å². The van der Waals surface area contributed by atoms with Crippen LogP contribution in [0, 0.1) is 0 Å². The fraction of sp³-hybridized carbons (Fsp3) is 0.429. The minimum atomic E-state index is -1.52. The van der Waals surface area contributed by atoms with Gasteiger partial charge in [-0.2, -0.15) is 12.6 Å². The number of hydrogen-bond donors (Lipinski definition) is 9. The quantitative estimate of drug-likeness (QED) is 0.148. The summed E-state index contributed by atoms with van der Waals surface area (Å²) in [7, 11) is 0. The van der Waals surface area contributed by atoms with E-state index in [0.717, 1.165) is 16.5 Å². The number of aliphatic hydroxyl groups is 2. The molecule has 0 saturated heterocycles. The monoisotopic (exact) mass is 495 g/mol. The van der Waals surface area contributed by atoms with Gasteiger partial charge in [0.15, 0.2) is 0 Å². The van der Waals surface area contributed by atoms with Gasteiger partial charge in [-0.25, -0.2) is 4.79 Å². The summed E-state index contributed by atoms with van der Waals surface area (Å²) in [5, 5.41) is 36.1. The van der Waals surface area contributed by atoms with Gasteiger partial charge in [0.2, 0.25) is 17.7 Å². The first-order chi connectivity index (χ1) is 16.1. The molecule has 1 aromatic heterocycles. The lowest BCUT2D eigenvalue weighted by Gasteiger charge is -2.25. The van der Waals surface area contributed by atoms with Crippen LogP contribution in [-0.4, -0.2) is 86.6 Å².